The number of alkyl halides is 3. The van der Waals surface area contributed by atoms with E-state index in [9.17, 15) is 13.2 Å². The fraction of sp³-hybridized carbons (Fsp3) is 0.600. The molecule has 108 valence electrons. The molecule has 0 saturated heterocycles. The highest BCUT2D eigenvalue weighted by atomic mass is 19.4. The molecular weight excluding hydrogens is 253 g/mol. The van der Waals surface area contributed by atoms with E-state index in [1.165, 1.54) is 13.0 Å². The van der Waals surface area contributed by atoms with E-state index in [-0.39, 0.29) is 11.7 Å². The van der Waals surface area contributed by atoms with Gasteiger partial charge in [0.25, 0.3) is 0 Å². The average molecular weight is 274 g/mol. The normalized spacial score (nSPS) is 11.9. The van der Waals surface area contributed by atoms with Crippen molar-refractivity contribution in [3.8, 4) is 5.75 Å². The van der Waals surface area contributed by atoms with Crippen LogP contribution in [0.4, 0.5) is 13.2 Å². The molecule has 0 spiro atoms. The predicted octanol–water partition coefficient (Wildman–Crippen LogP) is 5.36. The van der Waals surface area contributed by atoms with Crippen molar-refractivity contribution in [3.63, 3.8) is 0 Å². The van der Waals surface area contributed by atoms with Crippen LogP contribution in [0.2, 0.25) is 0 Å². The van der Waals surface area contributed by atoms with Crippen molar-refractivity contribution < 1.29 is 17.9 Å². The van der Waals surface area contributed by atoms with Crippen LogP contribution in [0.5, 0.6) is 5.75 Å². The molecule has 1 aromatic rings. The molecule has 0 aliphatic rings. The Labute approximate surface area is 112 Å². The highest BCUT2D eigenvalue weighted by molar-refractivity contribution is 5.36. The van der Waals surface area contributed by atoms with Crippen LogP contribution in [0.1, 0.15) is 50.7 Å². The summed E-state index contributed by atoms with van der Waals surface area (Å²) in [4.78, 5) is 0. The first-order valence-corrected chi connectivity index (χ1v) is 6.73. The number of benzene rings is 1. The summed E-state index contributed by atoms with van der Waals surface area (Å²) in [5, 5.41) is 0. The molecule has 0 aliphatic carbocycles. The second-order valence-corrected chi connectivity index (χ2v) is 4.79. The zero-order valence-corrected chi connectivity index (χ0v) is 11.7. The third kappa shape index (κ3) is 4.77. The molecule has 0 saturated carbocycles. The lowest BCUT2D eigenvalue weighted by atomic mass is 10.1. The van der Waals surface area contributed by atoms with Gasteiger partial charge in [0.1, 0.15) is 5.75 Å². The van der Waals surface area contributed by atoms with E-state index in [4.69, 9.17) is 4.74 Å². The molecule has 0 unspecified atom stereocenters. The summed E-state index contributed by atoms with van der Waals surface area (Å²) >= 11 is 0. The van der Waals surface area contributed by atoms with E-state index in [0.717, 1.165) is 31.7 Å². The number of aryl methyl sites for hydroxylation is 1. The van der Waals surface area contributed by atoms with E-state index < -0.39 is 11.7 Å². The van der Waals surface area contributed by atoms with Gasteiger partial charge in [-0.25, -0.2) is 0 Å². The highest BCUT2D eigenvalue weighted by Crippen LogP contribution is 2.34. The van der Waals surface area contributed by atoms with E-state index in [2.05, 4.69) is 0 Å². The Balaban J connectivity index is 2.89. The maximum absolute atomic E-state index is 12.8. The van der Waals surface area contributed by atoms with Gasteiger partial charge in [-0.2, -0.15) is 13.2 Å². The fourth-order valence-electron chi connectivity index (χ4n) is 2.08. The van der Waals surface area contributed by atoms with Crippen LogP contribution in [0, 0.1) is 6.92 Å². The molecule has 1 nitrogen and oxygen atoms in total. The molecule has 0 heterocycles. The Bertz CT molecular complexity index is 393. The lowest BCUT2D eigenvalue weighted by molar-refractivity contribution is -0.138. The standard InChI is InChI=1S/C15H21F3O/c1-4-6-12(7-5-2)19-13-9-8-11(3)14(10-13)15(16,17)18/h8-10,12H,4-7H2,1-3H3. The van der Waals surface area contributed by atoms with Crippen molar-refractivity contribution >= 4 is 0 Å². The lowest BCUT2D eigenvalue weighted by Gasteiger charge is -2.19. The van der Waals surface area contributed by atoms with Crippen molar-refractivity contribution in [2.24, 2.45) is 0 Å². The molecule has 0 bridgehead atoms. The van der Waals surface area contributed by atoms with Crippen LogP contribution in [-0.4, -0.2) is 6.10 Å². The van der Waals surface area contributed by atoms with Gasteiger partial charge in [0.05, 0.1) is 11.7 Å². The van der Waals surface area contributed by atoms with Crippen molar-refractivity contribution in [2.75, 3.05) is 0 Å². The summed E-state index contributed by atoms with van der Waals surface area (Å²) in [5.41, 5.74) is -0.390. The third-order valence-corrected chi connectivity index (χ3v) is 3.04. The Hall–Kier alpha value is -1.19. The SMILES string of the molecule is CCCC(CCC)Oc1ccc(C)c(C(F)(F)F)c1. The molecule has 0 amide bonds. The molecule has 1 rings (SSSR count). The van der Waals surface area contributed by atoms with Gasteiger partial charge >= 0.3 is 6.18 Å². The summed E-state index contributed by atoms with van der Waals surface area (Å²) in [7, 11) is 0. The minimum Gasteiger partial charge on any atom is -0.490 e. The van der Waals surface area contributed by atoms with Crippen molar-refractivity contribution in [1.82, 2.24) is 0 Å². The Morgan fingerprint density at radius 3 is 2.16 bits per heavy atom. The number of halogens is 3. The molecule has 1 aromatic carbocycles. The van der Waals surface area contributed by atoms with E-state index >= 15 is 0 Å². The second-order valence-electron chi connectivity index (χ2n) is 4.79. The predicted molar refractivity (Wildman–Crippen MR) is 70.4 cm³/mol. The third-order valence-electron chi connectivity index (χ3n) is 3.04. The molecule has 0 radical (unpaired) electrons. The lowest BCUT2D eigenvalue weighted by Crippen LogP contribution is -2.16. The highest BCUT2D eigenvalue weighted by Gasteiger charge is 2.32. The van der Waals surface area contributed by atoms with Crippen LogP contribution in [0.15, 0.2) is 18.2 Å². The van der Waals surface area contributed by atoms with Crippen molar-refractivity contribution in [3.05, 3.63) is 29.3 Å². The molecule has 19 heavy (non-hydrogen) atoms. The van der Waals surface area contributed by atoms with Gasteiger partial charge in [-0.3, -0.25) is 0 Å². The first kappa shape index (κ1) is 15.9. The first-order valence-electron chi connectivity index (χ1n) is 6.73. The summed E-state index contributed by atoms with van der Waals surface area (Å²) in [5.74, 6) is 0.310. The number of hydrogen-bond acceptors (Lipinski definition) is 1. The molecule has 0 fully saturated rings. The molecular formula is C15H21F3O. The molecule has 0 atom stereocenters. The minimum atomic E-state index is -4.32. The van der Waals surface area contributed by atoms with E-state index in [1.807, 2.05) is 13.8 Å². The van der Waals surface area contributed by atoms with Crippen LogP contribution < -0.4 is 4.74 Å². The zero-order chi connectivity index (χ0) is 14.5. The number of rotatable bonds is 6. The summed E-state index contributed by atoms with van der Waals surface area (Å²) in [6.07, 6.45) is -0.676. The monoisotopic (exact) mass is 274 g/mol. The van der Waals surface area contributed by atoms with Gasteiger partial charge in [0.2, 0.25) is 0 Å². The fourth-order valence-corrected chi connectivity index (χ4v) is 2.08. The zero-order valence-electron chi connectivity index (χ0n) is 11.7. The average Bonchev–Trinajstić information content (AvgIpc) is 2.31. The van der Waals surface area contributed by atoms with E-state index in [0.29, 0.717) is 5.75 Å². The quantitative estimate of drug-likeness (QED) is 0.678. The maximum atomic E-state index is 12.8. The Kier molecular flexibility index (Phi) is 5.70. The molecule has 0 aromatic heterocycles. The number of ether oxygens (including phenoxy) is 1. The van der Waals surface area contributed by atoms with Crippen molar-refractivity contribution in [2.45, 2.75) is 58.7 Å². The first-order chi connectivity index (χ1) is 8.88. The van der Waals surface area contributed by atoms with Gasteiger partial charge in [-0.1, -0.05) is 32.8 Å². The van der Waals surface area contributed by atoms with Gasteiger partial charge in [-0.15, -0.1) is 0 Å². The van der Waals surface area contributed by atoms with Crippen molar-refractivity contribution in [1.29, 1.82) is 0 Å². The Morgan fingerprint density at radius 2 is 1.68 bits per heavy atom. The Morgan fingerprint density at radius 1 is 1.11 bits per heavy atom. The second kappa shape index (κ2) is 6.83. The summed E-state index contributed by atoms with van der Waals surface area (Å²) < 4.78 is 44.1. The largest absolute Gasteiger partial charge is 0.490 e. The van der Waals surface area contributed by atoms with Gasteiger partial charge in [0, 0.05) is 0 Å². The van der Waals surface area contributed by atoms with Crippen LogP contribution in [0.3, 0.4) is 0 Å². The molecule has 0 N–H and O–H groups in total. The maximum Gasteiger partial charge on any atom is 0.416 e. The minimum absolute atomic E-state index is 0.00112. The van der Waals surface area contributed by atoms with Gasteiger partial charge in [0.15, 0.2) is 0 Å². The topological polar surface area (TPSA) is 9.23 Å². The molecule has 0 aliphatic heterocycles. The summed E-state index contributed by atoms with van der Waals surface area (Å²) in [6.45, 7) is 5.55. The number of hydrogen-bond donors (Lipinski definition) is 0. The van der Waals surface area contributed by atoms with Gasteiger partial charge < -0.3 is 4.74 Å². The smallest absolute Gasteiger partial charge is 0.416 e. The van der Waals surface area contributed by atoms with Crippen LogP contribution in [-0.2, 0) is 6.18 Å². The molecule has 4 heteroatoms. The van der Waals surface area contributed by atoms with Crippen LogP contribution in [0.25, 0.3) is 0 Å². The summed E-state index contributed by atoms with van der Waals surface area (Å²) in [6, 6.07) is 4.18. The van der Waals surface area contributed by atoms with Crippen LogP contribution >= 0.6 is 0 Å². The van der Waals surface area contributed by atoms with Gasteiger partial charge in [-0.05, 0) is 37.5 Å². The van der Waals surface area contributed by atoms with E-state index in [1.54, 1.807) is 6.07 Å².